The van der Waals surface area contributed by atoms with Crippen molar-refractivity contribution >= 4 is 19.8 Å². The maximum atomic E-state index is 12.8. The number of unbranched alkanes of at least 4 members (excludes halogenated alkanes) is 34. The number of aliphatic hydroxyl groups is 5. The number of carbonyl (C=O) groups excluding carboxylic acids is 2. The number of carbonyl (C=O) groups is 2. The molecule has 14 heteroatoms. The fraction of sp³-hybridized carbons (Fsp3) is 0.895. The number of ether oxygens (including phenoxy) is 2. The molecule has 71 heavy (non-hydrogen) atoms. The number of aliphatic hydroxyl groups excluding tert-OH is 5. The monoisotopic (exact) mass is 1030 g/mol. The molecule has 1 unspecified atom stereocenters. The Balaban J connectivity index is 4.47. The summed E-state index contributed by atoms with van der Waals surface area (Å²) in [6.07, 6.45) is 46.8. The van der Waals surface area contributed by atoms with E-state index in [-0.39, 0.29) is 12.8 Å². The van der Waals surface area contributed by atoms with Crippen molar-refractivity contribution in [1.82, 2.24) is 0 Å². The second-order valence-corrected chi connectivity index (χ2v) is 21.5. The molecule has 0 aliphatic heterocycles. The molecule has 0 aromatic carbocycles. The molecule has 0 aromatic rings. The average Bonchev–Trinajstić information content (AvgIpc) is 3.36. The molecule has 13 nitrogen and oxygen atoms in total. The fourth-order valence-electron chi connectivity index (χ4n) is 8.47. The summed E-state index contributed by atoms with van der Waals surface area (Å²) in [6, 6.07) is 0. The van der Waals surface area contributed by atoms with E-state index in [0.29, 0.717) is 12.8 Å². The highest BCUT2D eigenvalue weighted by Gasteiger charge is 2.33. The van der Waals surface area contributed by atoms with Crippen LogP contribution in [0.5, 0.6) is 0 Å². The lowest BCUT2D eigenvalue weighted by molar-refractivity contribution is -0.161. The summed E-state index contributed by atoms with van der Waals surface area (Å²) < 4.78 is 33.3. The Kier molecular flexibility index (Phi) is 50.6. The number of rotatable bonds is 55. The number of esters is 2. The summed E-state index contributed by atoms with van der Waals surface area (Å²) in [5, 5.41) is 48.4. The zero-order valence-electron chi connectivity index (χ0n) is 45.3. The first-order chi connectivity index (χ1) is 34.5. The lowest BCUT2D eigenvalue weighted by atomic mass is 10.0. The fourth-order valence-corrected chi connectivity index (χ4v) is 9.24. The molecule has 0 saturated heterocycles. The van der Waals surface area contributed by atoms with Crippen molar-refractivity contribution in [2.45, 2.75) is 301 Å². The van der Waals surface area contributed by atoms with Crippen molar-refractivity contribution in [3.63, 3.8) is 0 Å². The molecular weight excluding hydrogens is 924 g/mol. The summed E-state index contributed by atoms with van der Waals surface area (Å²) in [6.45, 7) is 1.58. The quantitative estimate of drug-likeness (QED) is 0.0145. The van der Waals surface area contributed by atoms with E-state index in [1.165, 1.54) is 148 Å². The van der Waals surface area contributed by atoms with Crippen LogP contribution in [0.2, 0.25) is 0 Å². The zero-order chi connectivity index (χ0) is 52.3. The van der Waals surface area contributed by atoms with E-state index < -0.39 is 76.7 Å². The van der Waals surface area contributed by atoms with Crippen molar-refractivity contribution in [2.75, 3.05) is 26.4 Å². The van der Waals surface area contributed by atoms with Gasteiger partial charge in [-0.3, -0.25) is 18.6 Å². The summed E-state index contributed by atoms with van der Waals surface area (Å²) in [5.41, 5.74) is 0. The molecule has 0 radical (unpaired) electrons. The van der Waals surface area contributed by atoms with Gasteiger partial charge in [0.15, 0.2) is 6.10 Å². The van der Waals surface area contributed by atoms with Crippen LogP contribution in [-0.2, 0) is 32.7 Å². The van der Waals surface area contributed by atoms with Crippen LogP contribution in [0.3, 0.4) is 0 Å². The van der Waals surface area contributed by atoms with E-state index in [9.17, 15) is 39.5 Å². The first kappa shape index (κ1) is 69.3. The molecule has 0 heterocycles. The second kappa shape index (κ2) is 51.8. The van der Waals surface area contributed by atoms with Crippen LogP contribution in [0.4, 0.5) is 0 Å². The molecule has 6 N–H and O–H groups in total. The highest BCUT2D eigenvalue weighted by atomic mass is 31.2. The maximum absolute atomic E-state index is 12.8. The van der Waals surface area contributed by atoms with E-state index in [1.807, 2.05) is 0 Å². The Morgan fingerprint density at radius 1 is 0.423 bits per heavy atom. The van der Waals surface area contributed by atoms with Crippen LogP contribution >= 0.6 is 7.82 Å². The average molecular weight is 1030 g/mol. The van der Waals surface area contributed by atoms with E-state index in [4.69, 9.17) is 23.6 Å². The summed E-state index contributed by atoms with van der Waals surface area (Å²) in [7, 11) is -4.91. The minimum atomic E-state index is -4.91. The third-order valence-electron chi connectivity index (χ3n) is 13.2. The molecule has 0 spiro atoms. The van der Waals surface area contributed by atoms with Crippen molar-refractivity contribution < 1.29 is 63.1 Å². The van der Waals surface area contributed by atoms with Gasteiger partial charge in [-0.25, -0.2) is 4.57 Å². The van der Waals surface area contributed by atoms with Gasteiger partial charge >= 0.3 is 19.8 Å². The van der Waals surface area contributed by atoms with E-state index in [2.05, 4.69) is 38.2 Å². The molecule has 0 aliphatic rings. The minimum Gasteiger partial charge on any atom is -0.462 e. The van der Waals surface area contributed by atoms with Crippen LogP contribution in [-0.4, -0.2) is 99.3 Å². The van der Waals surface area contributed by atoms with Gasteiger partial charge in [0.25, 0.3) is 0 Å². The van der Waals surface area contributed by atoms with Gasteiger partial charge in [0, 0.05) is 12.8 Å². The molecular formula is C57H109O13P. The Hall–Kier alpha value is -1.67. The third kappa shape index (κ3) is 47.8. The van der Waals surface area contributed by atoms with Gasteiger partial charge in [0.05, 0.1) is 19.8 Å². The molecule has 0 amide bonds. The molecule has 0 aliphatic carbocycles. The SMILES string of the molecule is CCCCCCCCCCCCCC=CCCCCCCCCC(=O)OC[C@H](COP(=O)(O)OC[C@@H](O)[C@@H](O)[C@H](O)[C@H](O)CO)OC(=O)CCCCCCCCC=CCCCCCCCCCCCCC. The van der Waals surface area contributed by atoms with Gasteiger partial charge in [0.1, 0.15) is 31.0 Å². The van der Waals surface area contributed by atoms with Crippen LogP contribution in [0.25, 0.3) is 0 Å². The summed E-state index contributed by atoms with van der Waals surface area (Å²) >= 11 is 0. The Morgan fingerprint density at radius 3 is 1.10 bits per heavy atom. The Labute approximate surface area is 433 Å². The van der Waals surface area contributed by atoms with Gasteiger partial charge in [-0.05, 0) is 64.2 Å². The number of phosphoric ester groups is 1. The topological polar surface area (TPSA) is 210 Å². The second-order valence-electron chi connectivity index (χ2n) is 20.1. The van der Waals surface area contributed by atoms with Gasteiger partial charge in [-0.1, -0.05) is 218 Å². The third-order valence-corrected chi connectivity index (χ3v) is 14.1. The lowest BCUT2D eigenvalue weighted by Gasteiger charge is -2.26. The van der Waals surface area contributed by atoms with Gasteiger partial charge in [0.2, 0.25) is 0 Å². The maximum Gasteiger partial charge on any atom is 0.472 e. The standard InChI is InChI=1S/C57H109O13P/c1-3-5-7-9-11-13-15-17-19-21-23-25-27-29-31-33-35-37-39-41-43-45-54(61)67-48-51(49-68-71(65,66)69-50-53(60)57(64)56(63)52(59)47-58)70-55(62)46-44-42-40-38-36-34-32-30-28-26-24-22-20-18-16-14-12-10-8-6-4-2/h27-30,51-53,56-60,63-64H,3-26,31-50H2,1-2H3,(H,65,66)/t51-,52-,53-,56-,57-/m1/s1. The predicted molar refractivity (Wildman–Crippen MR) is 288 cm³/mol. The lowest BCUT2D eigenvalue weighted by Crippen LogP contribution is -2.47. The predicted octanol–water partition coefficient (Wildman–Crippen LogP) is 13.8. The van der Waals surface area contributed by atoms with Crippen molar-refractivity contribution in [1.29, 1.82) is 0 Å². The smallest absolute Gasteiger partial charge is 0.462 e. The Bertz CT molecular complexity index is 1280. The molecule has 0 rings (SSSR count). The molecule has 0 aromatic heterocycles. The van der Waals surface area contributed by atoms with Gasteiger partial charge in [-0.15, -0.1) is 0 Å². The number of allylic oxidation sites excluding steroid dienone is 4. The van der Waals surface area contributed by atoms with Crippen LogP contribution < -0.4 is 0 Å². The first-order valence-electron chi connectivity index (χ1n) is 29.1. The van der Waals surface area contributed by atoms with Crippen molar-refractivity contribution in [3.05, 3.63) is 24.3 Å². The van der Waals surface area contributed by atoms with E-state index in [0.717, 1.165) is 83.5 Å². The molecule has 420 valence electrons. The van der Waals surface area contributed by atoms with E-state index in [1.54, 1.807) is 0 Å². The molecule has 0 fully saturated rings. The number of hydrogen-bond acceptors (Lipinski definition) is 12. The van der Waals surface area contributed by atoms with E-state index >= 15 is 0 Å². The van der Waals surface area contributed by atoms with Crippen LogP contribution in [0, 0.1) is 0 Å². The van der Waals surface area contributed by atoms with Gasteiger partial charge in [-0.2, -0.15) is 0 Å². The summed E-state index contributed by atoms with van der Waals surface area (Å²) in [4.78, 5) is 35.7. The molecule has 0 bridgehead atoms. The molecule has 6 atom stereocenters. The highest BCUT2D eigenvalue weighted by molar-refractivity contribution is 7.47. The Morgan fingerprint density at radius 2 is 0.732 bits per heavy atom. The highest BCUT2D eigenvalue weighted by Crippen LogP contribution is 2.43. The molecule has 0 saturated carbocycles. The number of phosphoric acid groups is 1. The minimum absolute atomic E-state index is 0.112. The first-order valence-corrected chi connectivity index (χ1v) is 30.6. The van der Waals surface area contributed by atoms with Crippen LogP contribution in [0.1, 0.15) is 271 Å². The zero-order valence-corrected chi connectivity index (χ0v) is 46.2. The van der Waals surface area contributed by atoms with Gasteiger partial charge < -0.3 is 39.9 Å². The number of hydrogen-bond donors (Lipinski definition) is 6. The largest absolute Gasteiger partial charge is 0.472 e. The summed E-state index contributed by atoms with van der Waals surface area (Å²) in [5.74, 6) is -1.06. The van der Waals surface area contributed by atoms with Crippen molar-refractivity contribution in [2.24, 2.45) is 0 Å². The van der Waals surface area contributed by atoms with Crippen molar-refractivity contribution in [3.8, 4) is 0 Å². The van der Waals surface area contributed by atoms with Crippen LogP contribution in [0.15, 0.2) is 24.3 Å². The normalized spacial score (nSPS) is 15.0.